The number of ether oxygens (including phenoxy) is 1. The lowest BCUT2D eigenvalue weighted by Crippen LogP contribution is -2.55. The topological polar surface area (TPSA) is 102 Å². The van der Waals surface area contributed by atoms with Gasteiger partial charge in [0.1, 0.15) is 11.6 Å². The molecule has 3 aliphatic heterocycles. The number of nitrogens with zero attached hydrogens (tertiary/aromatic N) is 4. The molecule has 3 heterocycles. The monoisotopic (exact) mass is 655 g/mol. The van der Waals surface area contributed by atoms with Crippen LogP contribution >= 0.6 is 0 Å². The Bertz CT molecular complexity index is 1220. The van der Waals surface area contributed by atoms with E-state index in [9.17, 15) is 26.8 Å². The van der Waals surface area contributed by atoms with Gasteiger partial charge in [-0.05, 0) is 86.9 Å². The fraction of sp³-hybridized carbons (Fsp3) is 0.750. The molecule has 3 saturated heterocycles. The van der Waals surface area contributed by atoms with Gasteiger partial charge in [0.15, 0.2) is 0 Å². The quantitative estimate of drug-likeness (QED) is 0.399. The van der Waals surface area contributed by atoms with Crippen molar-refractivity contribution in [1.29, 1.82) is 0 Å². The van der Waals surface area contributed by atoms with Gasteiger partial charge in [-0.15, -0.1) is 0 Å². The number of sulfonamides is 1. The summed E-state index contributed by atoms with van der Waals surface area (Å²) in [5.74, 6) is -0.824. The number of nitrogens with one attached hydrogen (secondary N) is 1. The first kappa shape index (κ1) is 35.3. The van der Waals surface area contributed by atoms with Crippen molar-refractivity contribution in [3.63, 3.8) is 0 Å². The van der Waals surface area contributed by atoms with Gasteiger partial charge >= 0.3 is 12.1 Å². The first-order chi connectivity index (χ1) is 21.3. The highest BCUT2D eigenvalue weighted by Crippen LogP contribution is 2.37. The van der Waals surface area contributed by atoms with E-state index >= 15 is 0 Å². The van der Waals surface area contributed by atoms with Crippen LogP contribution in [0.15, 0.2) is 18.2 Å². The molecule has 1 atom stereocenters. The van der Waals surface area contributed by atoms with E-state index in [0.29, 0.717) is 69.9 Å². The van der Waals surface area contributed by atoms with Gasteiger partial charge in [0.25, 0.3) is 0 Å². The fourth-order valence-corrected chi connectivity index (χ4v) is 8.11. The molecule has 254 valence electrons. The first-order valence-electron chi connectivity index (χ1n) is 16.4. The van der Waals surface area contributed by atoms with Crippen molar-refractivity contribution in [2.75, 3.05) is 65.7 Å². The number of hydrogen-bond donors (Lipinski definition) is 1. The van der Waals surface area contributed by atoms with Crippen LogP contribution in [-0.4, -0.2) is 117 Å². The number of carbonyl (C=O) groups excluding carboxylic acids is 2. The maximum absolute atomic E-state index is 14.3. The number of benzene rings is 1. The summed E-state index contributed by atoms with van der Waals surface area (Å²) < 4.78 is 58.9. The number of rotatable bonds is 10. The molecular weight excluding hydrogens is 604 g/mol. The Morgan fingerprint density at radius 2 is 1.56 bits per heavy atom. The Morgan fingerprint density at radius 3 is 2.09 bits per heavy atom. The summed E-state index contributed by atoms with van der Waals surface area (Å²) in [5, 5.41) is 3.22. The fourth-order valence-electron chi connectivity index (χ4n) is 7.23. The summed E-state index contributed by atoms with van der Waals surface area (Å²) in [6.45, 7) is 9.23. The van der Waals surface area contributed by atoms with Crippen LogP contribution in [0.3, 0.4) is 0 Å². The molecule has 0 radical (unpaired) electrons. The van der Waals surface area contributed by atoms with Crippen LogP contribution in [-0.2, 0) is 14.8 Å². The maximum atomic E-state index is 14.3. The number of hydrogen-bond acceptors (Lipinski definition) is 6. The van der Waals surface area contributed by atoms with Crippen LogP contribution in [0.25, 0.3) is 0 Å². The zero-order valence-electron chi connectivity index (χ0n) is 27.2. The molecule has 0 aromatic heterocycles. The molecule has 0 bridgehead atoms. The summed E-state index contributed by atoms with van der Waals surface area (Å²) in [6.07, 6.45) is 5.98. The molecule has 3 aliphatic rings. The SMILES string of the molecule is COC(=O)N1CCC(NC(=O)N(CC(C)C)C2CCN(CC[C@@H](c3cc(F)cc(F)c3)C3CCN(S(C)(=O)=O)CC3)CC2)CC1. The van der Waals surface area contributed by atoms with Gasteiger partial charge in [0.2, 0.25) is 10.0 Å². The highest BCUT2D eigenvalue weighted by atomic mass is 32.2. The molecule has 3 amide bonds. The lowest BCUT2D eigenvalue weighted by molar-refractivity contribution is 0.0993. The average Bonchev–Trinajstić information content (AvgIpc) is 2.99. The van der Waals surface area contributed by atoms with Crippen molar-refractivity contribution in [3.8, 4) is 0 Å². The Balaban J connectivity index is 1.33. The molecule has 13 heteroatoms. The molecule has 0 saturated carbocycles. The molecule has 1 aromatic rings. The number of urea groups is 1. The second kappa shape index (κ2) is 15.9. The standard InChI is InChI=1S/C32H51F2N5O5S/c1-23(2)22-39(31(40)35-28-7-15-37(16-8-28)32(41)44-3)29-9-12-36(13-10-29)14-11-30(25-19-26(33)21-27(34)20-25)24-5-17-38(18-6-24)45(4,42)43/h19-21,23-24,28-30H,5-18,22H2,1-4H3,(H,35,40)/t30-/m1/s1. The van der Waals surface area contributed by atoms with Crippen molar-refractivity contribution >= 4 is 22.1 Å². The highest BCUT2D eigenvalue weighted by Gasteiger charge is 2.34. The molecule has 10 nitrogen and oxygen atoms in total. The van der Waals surface area contributed by atoms with Crippen molar-refractivity contribution in [2.45, 2.75) is 76.8 Å². The van der Waals surface area contributed by atoms with E-state index in [1.54, 1.807) is 4.90 Å². The van der Waals surface area contributed by atoms with Crippen LogP contribution in [0.4, 0.5) is 18.4 Å². The van der Waals surface area contributed by atoms with Crippen molar-refractivity contribution in [3.05, 3.63) is 35.4 Å². The molecule has 0 aliphatic carbocycles. The van der Waals surface area contributed by atoms with Crippen LogP contribution in [0.1, 0.15) is 70.3 Å². The van der Waals surface area contributed by atoms with Crippen molar-refractivity contribution in [1.82, 2.24) is 24.3 Å². The molecule has 3 fully saturated rings. The zero-order valence-corrected chi connectivity index (χ0v) is 28.0. The zero-order chi connectivity index (χ0) is 32.7. The van der Waals surface area contributed by atoms with E-state index in [0.717, 1.165) is 45.0 Å². The van der Waals surface area contributed by atoms with Crippen LogP contribution < -0.4 is 5.32 Å². The van der Waals surface area contributed by atoms with Gasteiger partial charge < -0.3 is 24.8 Å². The van der Waals surface area contributed by atoms with E-state index in [2.05, 4.69) is 24.1 Å². The molecule has 4 rings (SSSR count). The molecular formula is C32H51F2N5O5S. The summed E-state index contributed by atoms with van der Waals surface area (Å²) in [4.78, 5) is 31.3. The van der Waals surface area contributed by atoms with Crippen LogP contribution in [0, 0.1) is 23.5 Å². The van der Waals surface area contributed by atoms with Gasteiger partial charge in [-0.2, -0.15) is 0 Å². The third-order valence-electron chi connectivity index (χ3n) is 9.68. The Kier molecular flexibility index (Phi) is 12.5. The Morgan fingerprint density at radius 1 is 0.956 bits per heavy atom. The van der Waals surface area contributed by atoms with Crippen LogP contribution in [0.5, 0.6) is 0 Å². The number of piperidine rings is 3. The molecule has 45 heavy (non-hydrogen) atoms. The van der Waals surface area contributed by atoms with Gasteiger partial charge in [-0.3, -0.25) is 0 Å². The second-order valence-corrected chi connectivity index (χ2v) is 15.4. The van der Waals surface area contributed by atoms with Gasteiger partial charge in [0, 0.05) is 64.0 Å². The smallest absolute Gasteiger partial charge is 0.409 e. The molecule has 1 aromatic carbocycles. The van der Waals surface area contributed by atoms with E-state index < -0.39 is 21.7 Å². The third-order valence-corrected chi connectivity index (χ3v) is 11.0. The molecule has 0 spiro atoms. The first-order valence-corrected chi connectivity index (χ1v) is 18.2. The lowest BCUT2D eigenvalue weighted by Gasteiger charge is -2.41. The predicted molar refractivity (Wildman–Crippen MR) is 169 cm³/mol. The minimum absolute atomic E-state index is 0.0158. The summed E-state index contributed by atoms with van der Waals surface area (Å²) in [7, 11) is -1.89. The van der Waals surface area contributed by atoms with Gasteiger partial charge in [-0.25, -0.2) is 31.1 Å². The van der Waals surface area contributed by atoms with Crippen molar-refractivity contribution in [2.24, 2.45) is 11.8 Å². The average molecular weight is 656 g/mol. The molecule has 1 N–H and O–H groups in total. The highest BCUT2D eigenvalue weighted by molar-refractivity contribution is 7.88. The predicted octanol–water partition coefficient (Wildman–Crippen LogP) is 4.47. The van der Waals surface area contributed by atoms with E-state index in [4.69, 9.17) is 4.74 Å². The number of amides is 3. The van der Waals surface area contributed by atoms with Crippen LogP contribution in [0.2, 0.25) is 0 Å². The summed E-state index contributed by atoms with van der Waals surface area (Å²) in [5.41, 5.74) is 0.636. The number of halogens is 2. The summed E-state index contributed by atoms with van der Waals surface area (Å²) in [6, 6.07) is 3.82. The Labute approximate surface area is 267 Å². The van der Waals surface area contributed by atoms with E-state index in [1.165, 1.54) is 29.8 Å². The Hall–Kier alpha value is -2.51. The number of methoxy groups -OCH3 is 1. The minimum atomic E-state index is -3.27. The molecule has 0 unspecified atom stereocenters. The van der Waals surface area contributed by atoms with E-state index in [1.807, 2.05) is 4.90 Å². The third kappa shape index (κ3) is 9.99. The maximum Gasteiger partial charge on any atom is 0.409 e. The normalized spacial score (nSPS) is 20.7. The second-order valence-electron chi connectivity index (χ2n) is 13.4. The van der Waals surface area contributed by atoms with E-state index in [-0.39, 0.29) is 36.0 Å². The number of likely N-dealkylation sites (tertiary alicyclic amines) is 2. The minimum Gasteiger partial charge on any atom is -0.453 e. The largest absolute Gasteiger partial charge is 0.453 e. The lowest BCUT2D eigenvalue weighted by atomic mass is 9.78. The van der Waals surface area contributed by atoms with Gasteiger partial charge in [0.05, 0.1) is 13.4 Å². The summed E-state index contributed by atoms with van der Waals surface area (Å²) >= 11 is 0. The van der Waals surface area contributed by atoms with Gasteiger partial charge in [-0.1, -0.05) is 13.8 Å². The van der Waals surface area contributed by atoms with Crippen molar-refractivity contribution < 1.29 is 31.5 Å². The number of carbonyl (C=O) groups is 2.